The van der Waals surface area contributed by atoms with Gasteiger partial charge in [0, 0.05) is 32.9 Å². The molecule has 0 heterocycles. The van der Waals surface area contributed by atoms with E-state index in [1.165, 1.54) is 12.4 Å². The second kappa shape index (κ2) is 14.6. The van der Waals surface area contributed by atoms with Crippen LogP contribution < -0.4 is 10.9 Å². The van der Waals surface area contributed by atoms with Gasteiger partial charge < -0.3 is 10.2 Å². The zero-order valence-corrected chi connectivity index (χ0v) is 24.2. The minimum atomic E-state index is -0.223. The molecule has 12 heteroatoms. The van der Waals surface area contributed by atoms with Crippen LogP contribution in [0.5, 0.6) is 11.5 Å². The number of nitrogens with one attached hydrogen (secondary N) is 2. The number of phenolic OH excluding ortho intramolecular Hbond substituents is 2. The summed E-state index contributed by atoms with van der Waals surface area (Å²) in [5.41, 5.74) is 5.80. The van der Waals surface area contributed by atoms with Crippen molar-refractivity contribution in [3.8, 4) is 11.5 Å². The highest BCUT2D eigenvalue weighted by Crippen LogP contribution is 2.31. The number of rotatable bonds is 11. The van der Waals surface area contributed by atoms with Gasteiger partial charge in [0.1, 0.15) is 11.5 Å². The van der Waals surface area contributed by atoms with E-state index in [2.05, 4.69) is 84.8 Å². The monoisotopic (exact) mass is 722 g/mol. The molecule has 0 radical (unpaired) electrons. The molecule has 0 spiro atoms. The predicted octanol–water partition coefficient (Wildman–Crippen LogP) is 6.09. The maximum atomic E-state index is 11.9. The number of aromatic hydroxyl groups is 2. The summed E-state index contributed by atoms with van der Waals surface area (Å²) in [6, 6.07) is 6.77. The number of hydrogen-bond acceptors (Lipinski definition) is 6. The highest BCUT2D eigenvalue weighted by Gasteiger charge is 2.07. The summed E-state index contributed by atoms with van der Waals surface area (Å²) in [6.45, 7) is 0. The molecule has 0 aliphatic heterocycles. The Labute approximate surface area is 230 Å². The number of hydrazone groups is 2. The van der Waals surface area contributed by atoms with Crippen LogP contribution in [0, 0.1) is 0 Å². The van der Waals surface area contributed by atoms with E-state index in [-0.39, 0.29) is 23.3 Å². The first-order valence-corrected chi connectivity index (χ1v) is 13.3. The Morgan fingerprint density at radius 2 is 1.09 bits per heavy atom. The fourth-order valence-corrected chi connectivity index (χ4v) is 5.27. The Morgan fingerprint density at radius 1 is 0.706 bits per heavy atom. The van der Waals surface area contributed by atoms with Crippen molar-refractivity contribution in [3.05, 3.63) is 53.3 Å². The minimum Gasteiger partial charge on any atom is -0.506 e. The molecule has 8 nitrogen and oxygen atoms in total. The van der Waals surface area contributed by atoms with E-state index in [1.807, 2.05) is 0 Å². The molecule has 4 N–H and O–H groups in total. The number of nitrogens with zero attached hydrogens (tertiary/aromatic N) is 2. The number of halogens is 4. The first-order chi connectivity index (χ1) is 16.2. The zero-order chi connectivity index (χ0) is 25.1. The van der Waals surface area contributed by atoms with Crippen LogP contribution in [-0.2, 0) is 9.59 Å². The average Bonchev–Trinajstić information content (AvgIpc) is 2.77. The van der Waals surface area contributed by atoms with Gasteiger partial charge in [-0.15, -0.1) is 0 Å². The topological polar surface area (TPSA) is 123 Å². The van der Waals surface area contributed by atoms with Crippen LogP contribution >= 0.6 is 63.7 Å². The van der Waals surface area contributed by atoms with Crippen molar-refractivity contribution < 1.29 is 19.8 Å². The molecule has 0 aromatic heterocycles. The largest absolute Gasteiger partial charge is 0.506 e. The first-order valence-electron chi connectivity index (χ1n) is 10.2. The molecule has 2 aromatic rings. The minimum absolute atomic E-state index is 0.0373. The fourth-order valence-electron chi connectivity index (χ4n) is 2.75. The van der Waals surface area contributed by atoms with Crippen molar-refractivity contribution in [1.82, 2.24) is 10.9 Å². The quantitative estimate of drug-likeness (QED) is 0.127. The summed E-state index contributed by atoms with van der Waals surface area (Å²) in [7, 11) is 0. The first kappa shape index (κ1) is 28.5. The van der Waals surface area contributed by atoms with E-state index in [4.69, 9.17) is 0 Å². The highest BCUT2D eigenvalue weighted by molar-refractivity contribution is 9.11. The Kier molecular flexibility index (Phi) is 12.2. The van der Waals surface area contributed by atoms with Gasteiger partial charge in [-0.1, -0.05) is 44.7 Å². The molecule has 0 saturated heterocycles. The highest BCUT2D eigenvalue weighted by atomic mass is 79.9. The Morgan fingerprint density at radius 3 is 1.47 bits per heavy atom. The van der Waals surface area contributed by atoms with E-state index in [0.717, 1.165) is 21.8 Å². The summed E-state index contributed by atoms with van der Waals surface area (Å²) in [5, 5.41) is 27.7. The smallest absolute Gasteiger partial charge is 0.240 e. The summed E-state index contributed by atoms with van der Waals surface area (Å²) in [5.74, 6) is -0.371. The normalized spacial score (nSPS) is 11.3. The van der Waals surface area contributed by atoms with Crippen molar-refractivity contribution in [2.24, 2.45) is 10.2 Å². The number of benzene rings is 2. The number of carbonyl (C=O) groups excluding carboxylic acids is 2. The van der Waals surface area contributed by atoms with Gasteiger partial charge in [-0.3, -0.25) is 9.59 Å². The molecule has 182 valence electrons. The van der Waals surface area contributed by atoms with Crippen LogP contribution in [0.4, 0.5) is 0 Å². The lowest BCUT2D eigenvalue weighted by Gasteiger charge is -2.04. The molecule has 0 unspecified atom stereocenters. The average molecular weight is 726 g/mol. The molecular formula is C22H22Br4N4O4. The Balaban J connectivity index is 1.60. The van der Waals surface area contributed by atoms with E-state index < -0.39 is 0 Å². The Bertz CT molecular complexity index is 1010. The number of phenols is 2. The molecule has 0 saturated carbocycles. The number of amides is 2. The third kappa shape index (κ3) is 9.85. The van der Waals surface area contributed by atoms with Crippen LogP contribution in [0.2, 0.25) is 0 Å². The second-order valence-electron chi connectivity index (χ2n) is 7.15. The molecule has 0 aliphatic rings. The van der Waals surface area contributed by atoms with Crippen LogP contribution in [0.25, 0.3) is 0 Å². The van der Waals surface area contributed by atoms with E-state index >= 15 is 0 Å². The van der Waals surface area contributed by atoms with Gasteiger partial charge in [-0.05, 0) is 69.0 Å². The number of unbranched alkanes of at least 4 members (excludes halogenated alkanes) is 3. The van der Waals surface area contributed by atoms with Gasteiger partial charge in [0.05, 0.1) is 21.4 Å². The Hall–Kier alpha value is -1.76. The van der Waals surface area contributed by atoms with Crippen molar-refractivity contribution in [1.29, 1.82) is 0 Å². The molecule has 0 bridgehead atoms. The van der Waals surface area contributed by atoms with Gasteiger partial charge in [0.15, 0.2) is 0 Å². The summed E-state index contributed by atoms with van der Waals surface area (Å²) in [6.07, 6.45) is 6.32. The van der Waals surface area contributed by atoms with Crippen molar-refractivity contribution in [3.63, 3.8) is 0 Å². The van der Waals surface area contributed by atoms with Crippen LogP contribution in [0.1, 0.15) is 49.7 Å². The molecule has 0 atom stereocenters. The van der Waals surface area contributed by atoms with Gasteiger partial charge in [-0.2, -0.15) is 10.2 Å². The lowest BCUT2D eigenvalue weighted by Crippen LogP contribution is -2.17. The molecule has 0 fully saturated rings. The van der Waals surface area contributed by atoms with Crippen molar-refractivity contribution in [2.75, 3.05) is 0 Å². The zero-order valence-electron chi connectivity index (χ0n) is 17.8. The molecule has 2 aromatic carbocycles. The van der Waals surface area contributed by atoms with Crippen LogP contribution in [-0.4, -0.2) is 34.5 Å². The fraction of sp³-hybridized carbons (Fsp3) is 0.273. The lowest BCUT2D eigenvalue weighted by molar-refractivity contribution is -0.122. The third-order valence-corrected chi connectivity index (χ3v) is 6.58. The van der Waals surface area contributed by atoms with E-state index in [0.29, 0.717) is 45.8 Å². The van der Waals surface area contributed by atoms with Gasteiger partial charge in [-0.25, -0.2) is 10.9 Å². The number of hydrogen-bond donors (Lipinski definition) is 4. The molecule has 2 amide bonds. The predicted molar refractivity (Wildman–Crippen MR) is 146 cm³/mol. The second-order valence-corrected chi connectivity index (χ2v) is 10.7. The van der Waals surface area contributed by atoms with Gasteiger partial charge >= 0.3 is 0 Å². The van der Waals surface area contributed by atoms with Gasteiger partial charge in [0.2, 0.25) is 11.8 Å². The van der Waals surface area contributed by atoms with Crippen LogP contribution in [0.15, 0.2) is 52.4 Å². The lowest BCUT2D eigenvalue weighted by atomic mass is 10.1. The van der Waals surface area contributed by atoms with E-state index in [9.17, 15) is 19.8 Å². The van der Waals surface area contributed by atoms with Crippen molar-refractivity contribution >= 4 is 88.0 Å². The van der Waals surface area contributed by atoms with Gasteiger partial charge in [0.25, 0.3) is 0 Å². The summed E-state index contributed by atoms with van der Waals surface area (Å²) < 4.78 is 2.57. The SMILES string of the molecule is O=C(CCCCCCC(=O)N/N=C/c1cc(Br)cc(Br)c1O)N/N=C/c1cc(Br)cc(Br)c1O. The summed E-state index contributed by atoms with van der Waals surface area (Å²) in [4.78, 5) is 23.8. The maximum absolute atomic E-state index is 11.9. The molecule has 34 heavy (non-hydrogen) atoms. The summed E-state index contributed by atoms with van der Waals surface area (Å²) >= 11 is 13.1. The van der Waals surface area contributed by atoms with E-state index in [1.54, 1.807) is 24.3 Å². The third-order valence-electron chi connectivity index (χ3n) is 4.46. The number of carbonyl (C=O) groups is 2. The molecule has 2 rings (SSSR count). The molecular weight excluding hydrogens is 704 g/mol. The standard InChI is InChI=1S/C22H22Br4N4O4/c23-15-7-13(21(33)17(25)9-15)11-27-29-19(31)5-3-1-2-4-6-20(32)30-28-12-14-8-16(24)10-18(26)22(14)34/h7-12,33-34H,1-6H2,(H,29,31)(H,30,32)/b27-11+,28-12+. The van der Waals surface area contributed by atoms with Crippen molar-refractivity contribution in [2.45, 2.75) is 38.5 Å². The van der Waals surface area contributed by atoms with Crippen LogP contribution in [0.3, 0.4) is 0 Å². The molecule has 0 aliphatic carbocycles. The maximum Gasteiger partial charge on any atom is 0.240 e.